The van der Waals surface area contributed by atoms with Crippen LogP contribution < -0.4 is 5.32 Å². The Labute approximate surface area is 120 Å². The average molecular weight is 290 g/mol. The molecule has 0 aliphatic heterocycles. The van der Waals surface area contributed by atoms with Gasteiger partial charge < -0.3 is 10.4 Å². The van der Waals surface area contributed by atoms with Crippen LogP contribution in [0.15, 0.2) is 35.8 Å². The van der Waals surface area contributed by atoms with Gasteiger partial charge >= 0.3 is 5.97 Å². The van der Waals surface area contributed by atoms with E-state index in [1.165, 1.54) is 11.3 Å². The molecule has 0 unspecified atom stereocenters. The summed E-state index contributed by atoms with van der Waals surface area (Å²) in [6, 6.07) is 8.25. The highest BCUT2D eigenvalue weighted by atomic mass is 32.1. The third-order valence-electron chi connectivity index (χ3n) is 2.84. The van der Waals surface area contributed by atoms with Crippen molar-refractivity contribution in [2.75, 3.05) is 0 Å². The Kier molecular flexibility index (Phi) is 4.47. The van der Waals surface area contributed by atoms with Gasteiger partial charge in [0, 0.05) is 6.42 Å². The number of aromatic nitrogens is 1. The van der Waals surface area contributed by atoms with Crippen molar-refractivity contribution in [3.8, 4) is 0 Å². The number of carboxylic acid groups (broad SMARTS) is 1. The van der Waals surface area contributed by atoms with Gasteiger partial charge in [-0.05, 0) is 12.5 Å². The molecule has 0 saturated heterocycles. The molecule has 0 radical (unpaired) electrons. The van der Waals surface area contributed by atoms with E-state index < -0.39 is 17.9 Å². The number of carboxylic acids is 1. The first-order valence-corrected chi connectivity index (χ1v) is 6.93. The fraction of sp³-hybridized carbons (Fsp3) is 0.214. The van der Waals surface area contributed by atoms with Crippen LogP contribution in [0.4, 0.5) is 0 Å². The van der Waals surface area contributed by atoms with Crippen LogP contribution >= 0.6 is 11.3 Å². The molecule has 1 aromatic carbocycles. The second-order valence-corrected chi connectivity index (χ2v) is 5.18. The van der Waals surface area contributed by atoms with Crippen molar-refractivity contribution in [1.82, 2.24) is 10.3 Å². The molecule has 0 aliphatic carbocycles. The molecule has 20 heavy (non-hydrogen) atoms. The molecule has 6 heteroatoms. The van der Waals surface area contributed by atoms with E-state index in [0.717, 1.165) is 5.56 Å². The van der Waals surface area contributed by atoms with Crippen molar-refractivity contribution in [3.05, 3.63) is 52.0 Å². The minimum atomic E-state index is -1.05. The zero-order chi connectivity index (χ0) is 14.5. The lowest BCUT2D eigenvalue weighted by atomic mass is 10.1. The number of benzene rings is 1. The van der Waals surface area contributed by atoms with E-state index >= 15 is 0 Å². The molecule has 2 N–H and O–H groups in total. The van der Waals surface area contributed by atoms with Crippen LogP contribution in [0.25, 0.3) is 0 Å². The van der Waals surface area contributed by atoms with Crippen LogP contribution in [0.2, 0.25) is 0 Å². The maximum Gasteiger partial charge on any atom is 0.326 e. The first-order chi connectivity index (χ1) is 9.58. The lowest BCUT2D eigenvalue weighted by molar-refractivity contribution is -0.139. The third kappa shape index (κ3) is 3.42. The third-order valence-corrected chi connectivity index (χ3v) is 3.77. The second kappa shape index (κ2) is 6.29. The van der Waals surface area contributed by atoms with Gasteiger partial charge in [0.1, 0.15) is 10.9 Å². The summed E-state index contributed by atoms with van der Waals surface area (Å²) < 4.78 is 0. The van der Waals surface area contributed by atoms with Gasteiger partial charge in [-0.15, -0.1) is 11.3 Å². The van der Waals surface area contributed by atoms with Crippen molar-refractivity contribution in [3.63, 3.8) is 0 Å². The summed E-state index contributed by atoms with van der Waals surface area (Å²) in [5, 5.41) is 11.8. The second-order valence-electron chi connectivity index (χ2n) is 4.32. The van der Waals surface area contributed by atoms with Crippen LogP contribution in [0.1, 0.15) is 20.9 Å². The van der Waals surface area contributed by atoms with Gasteiger partial charge in [0.05, 0.1) is 11.2 Å². The topological polar surface area (TPSA) is 79.3 Å². The molecule has 1 amide bonds. The zero-order valence-corrected chi connectivity index (χ0v) is 11.7. The summed E-state index contributed by atoms with van der Waals surface area (Å²) in [7, 11) is 0. The highest BCUT2D eigenvalue weighted by Gasteiger charge is 2.22. The summed E-state index contributed by atoms with van der Waals surface area (Å²) in [5.74, 6) is -1.45. The Hall–Kier alpha value is -2.21. The number of rotatable bonds is 5. The summed E-state index contributed by atoms with van der Waals surface area (Å²) in [4.78, 5) is 27.7. The lowest BCUT2D eigenvalue weighted by Gasteiger charge is -2.14. The van der Waals surface area contributed by atoms with E-state index in [2.05, 4.69) is 10.3 Å². The number of aliphatic carboxylic acids is 1. The van der Waals surface area contributed by atoms with E-state index in [1.54, 1.807) is 12.4 Å². The Balaban J connectivity index is 2.09. The maximum atomic E-state index is 12.0. The van der Waals surface area contributed by atoms with Gasteiger partial charge in [-0.25, -0.2) is 9.78 Å². The Morgan fingerprint density at radius 2 is 2.05 bits per heavy atom. The van der Waals surface area contributed by atoms with Crippen LogP contribution in [0.3, 0.4) is 0 Å². The highest BCUT2D eigenvalue weighted by molar-refractivity contribution is 7.11. The summed E-state index contributed by atoms with van der Waals surface area (Å²) in [6.07, 6.45) is 0.250. The first-order valence-electron chi connectivity index (χ1n) is 6.05. The number of aryl methyl sites for hydroxylation is 1. The molecule has 0 aliphatic rings. The molecule has 2 rings (SSSR count). The van der Waals surface area contributed by atoms with Crippen molar-refractivity contribution < 1.29 is 14.7 Å². The number of nitrogens with one attached hydrogen (secondary N) is 1. The molecular weight excluding hydrogens is 276 g/mol. The van der Waals surface area contributed by atoms with Crippen molar-refractivity contribution in [2.24, 2.45) is 0 Å². The van der Waals surface area contributed by atoms with E-state index in [4.69, 9.17) is 0 Å². The molecule has 1 aromatic heterocycles. The van der Waals surface area contributed by atoms with Crippen molar-refractivity contribution in [2.45, 2.75) is 19.4 Å². The fourth-order valence-electron chi connectivity index (χ4n) is 1.79. The normalized spacial score (nSPS) is 11.8. The predicted octanol–water partition coefficient (Wildman–Crippen LogP) is 1.88. The van der Waals surface area contributed by atoms with Gasteiger partial charge in [0.25, 0.3) is 5.91 Å². The molecule has 1 atom stereocenters. The number of amides is 1. The van der Waals surface area contributed by atoms with E-state index in [9.17, 15) is 14.7 Å². The quantitative estimate of drug-likeness (QED) is 0.881. The molecule has 0 bridgehead atoms. The molecule has 0 fully saturated rings. The molecule has 0 saturated carbocycles. The maximum absolute atomic E-state index is 12.0. The number of nitrogens with zero attached hydrogens (tertiary/aromatic N) is 1. The van der Waals surface area contributed by atoms with E-state index in [-0.39, 0.29) is 6.42 Å². The van der Waals surface area contributed by atoms with Gasteiger partial charge in [-0.3, -0.25) is 4.79 Å². The predicted molar refractivity (Wildman–Crippen MR) is 75.9 cm³/mol. The summed E-state index contributed by atoms with van der Waals surface area (Å²) >= 11 is 1.20. The Morgan fingerprint density at radius 3 is 2.60 bits per heavy atom. The zero-order valence-electron chi connectivity index (χ0n) is 10.9. The van der Waals surface area contributed by atoms with Crippen LogP contribution in [-0.2, 0) is 11.2 Å². The smallest absolute Gasteiger partial charge is 0.326 e. The largest absolute Gasteiger partial charge is 0.480 e. The monoisotopic (exact) mass is 290 g/mol. The molecule has 104 valence electrons. The lowest BCUT2D eigenvalue weighted by Crippen LogP contribution is -2.42. The van der Waals surface area contributed by atoms with Crippen LogP contribution in [-0.4, -0.2) is 28.0 Å². The highest BCUT2D eigenvalue weighted by Crippen LogP contribution is 2.12. The SMILES string of the molecule is Cc1ncsc1C(=O)N[C@@H](Cc1ccccc1)C(=O)O. The summed E-state index contributed by atoms with van der Waals surface area (Å²) in [6.45, 7) is 1.72. The van der Waals surface area contributed by atoms with Gasteiger partial charge in [-0.1, -0.05) is 30.3 Å². The van der Waals surface area contributed by atoms with E-state index in [1.807, 2.05) is 30.3 Å². The fourth-order valence-corrected chi connectivity index (χ4v) is 2.50. The standard InChI is InChI=1S/C14H14N2O3S/c1-9-12(20-8-15-9)13(17)16-11(14(18)19)7-10-5-3-2-4-6-10/h2-6,8,11H,7H2,1H3,(H,16,17)(H,18,19)/t11-/m0/s1. The first kappa shape index (κ1) is 14.2. The van der Waals surface area contributed by atoms with Crippen molar-refractivity contribution in [1.29, 1.82) is 0 Å². The molecule has 2 aromatic rings. The number of hydrogen-bond acceptors (Lipinski definition) is 4. The van der Waals surface area contributed by atoms with Gasteiger partial charge in [0.2, 0.25) is 0 Å². The minimum Gasteiger partial charge on any atom is -0.480 e. The van der Waals surface area contributed by atoms with Gasteiger partial charge in [0.15, 0.2) is 0 Å². The van der Waals surface area contributed by atoms with Crippen LogP contribution in [0, 0.1) is 6.92 Å². The number of thiazole rings is 1. The Morgan fingerprint density at radius 1 is 1.35 bits per heavy atom. The van der Waals surface area contributed by atoms with Gasteiger partial charge in [-0.2, -0.15) is 0 Å². The number of hydrogen-bond donors (Lipinski definition) is 2. The van der Waals surface area contributed by atoms with Crippen molar-refractivity contribution >= 4 is 23.2 Å². The number of carbonyl (C=O) groups is 2. The molecule has 1 heterocycles. The minimum absolute atomic E-state index is 0.250. The van der Waals surface area contributed by atoms with E-state index in [0.29, 0.717) is 10.6 Å². The Bertz CT molecular complexity index is 610. The molecular formula is C14H14N2O3S. The molecule has 5 nitrogen and oxygen atoms in total. The summed E-state index contributed by atoms with van der Waals surface area (Å²) in [5.41, 5.74) is 3.04. The number of carbonyl (C=O) groups excluding carboxylic acids is 1. The van der Waals surface area contributed by atoms with Crippen LogP contribution in [0.5, 0.6) is 0 Å². The average Bonchev–Trinajstić information content (AvgIpc) is 2.85. The molecule has 0 spiro atoms.